The molecule has 0 spiro atoms. The Labute approximate surface area is 103 Å². The summed E-state index contributed by atoms with van der Waals surface area (Å²) in [7, 11) is 1.64. The molecule has 0 radical (unpaired) electrons. The molecule has 1 saturated heterocycles. The molecule has 0 bridgehead atoms. The van der Waals surface area contributed by atoms with Gasteiger partial charge in [0.25, 0.3) is 0 Å². The first-order chi connectivity index (χ1) is 8.06. The Hall–Kier alpha value is -0.200. The SMILES string of the molecule is COCC(C)OCC(O)CNC1(C)CCOC1. The van der Waals surface area contributed by atoms with Crippen molar-refractivity contribution in [3.8, 4) is 0 Å². The number of hydrogen-bond donors (Lipinski definition) is 2. The van der Waals surface area contributed by atoms with Crippen LogP contribution in [0.15, 0.2) is 0 Å². The molecule has 0 aromatic rings. The molecule has 1 rings (SSSR count). The first-order valence-corrected chi connectivity index (χ1v) is 6.17. The second kappa shape index (κ2) is 7.28. The topological polar surface area (TPSA) is 60.0 Å². The third-order valence-corrected chi connectivity index (χ3v) is 2.96. The van der Waals surface area contributed by atoms with E-state index in [2.05, 4.69) is 12.2 Å². The van der Waals surface area contributed by atoms with E-state index in [0.29, 0.717) is 26.4 Å². The molecule has 3 unspecified atom stereocenters. The summed E-state index contributed by atoms with van der Waals surface area (Å²) in [5.41, 5.74) is -0.000867. The van der Waals surface area contributed by atoms with Gasteiger partial charge in [-0.15, -0.1) is 0 Å². The summed E-state index contributed by atoms with van der Waals surface area (Å²) in [6.07, 6.45) is 0.507. The molecule has 5 heteroatoms. The number of methoxy groups -OCH3 is 1. The van der Waals surface area contributed by atoms with Crippen LogP contribution in [0.1, 0.15) is 20.3 Å². The molecule has 3 atom stereocenters. The number of β-amino-alcohol motifs (C(OH)–C–C–N with tert-alkyl or cyclic N) is 1. The van der Waals surface area contributed by atoms with Gasteiger partial charge in [-0.1, -0.05) is 0 Å². The Bertz CT molecular complexity index is 207. The maximum absolute atomic E-state index is 9.77. The van der Waals surface area contributed by atoms with Crippen LogP contribution in [-0.4, -0.2) is 62.9 Å². The summed E-state index contributed by atoms with van der Waals surface area (Å²) < 4.78 is 15.7. The third kappa shape index (κ3) is 5.79. The third-order valence-electron chi connectivity index (χ3n) is 2.96. The van der Waals surface area contributed by atoms with Crippen LogP contribution < -0.4 is 5.32 Å². The first-order valence-electron chi connectivity index (χ1n) is 6.17. The molecule has 0 aliphatic carbocycles. The second-order valence-electron chi connectivity index (χ2n) is 5.00. The molecule has 17 heavy (non-hydrogen) atoms. The number of aliphatic hydroxyl groups is 1. The monoisotopic (exact) mass is 247 g/mol. The van der Waals surface area contributed by atoms with Crippen molar-refractivity contribution < 1.29 is 19.3 Å². The van der Waals surface area contributed by atoms with Crippen molar-refractivity contribution >= 4 is 0 Å². The van der Waals surface area contributed by atoms with Gasteiger partial charge in [-0.3, -0.25) is 0 Å². The van der Waals surface area contributed by atoms with Crippen LogP contribution >= 0.6 is 0 Å². The Morgan fingerprint density at radius 3 is 2.82 bits per heavy atom. The van der Waals surface area contributed by atoms with Crippen LogP contribution in [0.3, 0.4) is 0 Å². The van der Waals surface area contributed by atoms with E-state index < -0.39 is 6.10 Å². The standard InChI is InChI=1S/C12H25NO4/c1-10(7-15-3)17-8-11(14)6-13-12(2)4-5-16-9-12/h10-11,13-14H,4-9H2,1-3H3. The molecule has 0 amide bonds. The molecule has 0 aromatic carbocycles. The van der Waals surface area contributed by atoms with Crippen molar-refractivity contribution in [3.63, 3.8) is 0 Å². The minimum Gasteiger partial charge on any atom is -0.389 e. The van der Waals surface area contributed by atoms with Crippen LogP contribution in [0.25, 0.3) is 0 Å². The summed E-state index contributed by atoms with van der Waals surface area (Å²) in [6, 6.07) is 0. The fourth-order valence-electron chi connectivity index (χ4n) is 1.79. The number of nitrogens with one attached hydrogen (secondary N) is 1. The lowest BCUT2D eigenvalue weighted by Gasteiger charge is -2.25. The zero-order valence-electron chi connectivity index (χ0n) is 11.1. The minimum atomic E-state index is -0.494. The van der Waals surface area contributed by atoms with Gasteiger partial charge < -0.3 is 24.6 Å². The number of aliphatic hydroxyl groups excluding tert-OH is 1. The van der Waals surface area contributed by atoms with Gasteiger partial charge in [-0.05, 0) is 20.3 Å². The van der Waals surface area contributed by atoms with E-state index in [-0.39, 0.29) is 11.6 Å². The Kier molecular flexibility index (Phi) is 6.37. The molecule has 2 N–H and O–H groups in total. The van der Waals surface area contributed by atoms with E-state index >= 15 is 0 Å². The molecule has 1 aliphatic rings. The number of ether oxygens (including phenoxy) is 3. The summed E-state index contributed by atoms with van der Waals surface area (Å²) in [5, 5.41) is 13.1. The highest BCUT2D eigenvalue weighted by Crippen LogP contribution is 2.17. The van der Waals surface area contributed by atoms with Gasteiger partial charge in [0.05, 0.1) is 32.0 Å². The predicted octanol–water partition coefficient (Wildman–Crippen LogP) is 0.167. The quantitative estimate of drug-likeness (QED) is 0.640. The van der Waals surface area contributed by atoms with E-state index in [0.717, 1.165) is 13.0 Å². The van der Waals surface area contributed by atoms with Gasteiger partial charge in [0.15, 0.2) is 0 Å². The van der Waals surface area contributed by atoms with E-state index in [1.54, 1.807) is 7.11 Å². The molecule has 102 valence electrons. The largest absolute Gasteiger partial charge is 0.389 e. The molecule has 0 aromatic heterocycles. The van der Waals surface area contributed by atoms with E-state index in [1.807, 2.05) is 6.92 Å². The molecule has 5 nitrogen and oxygen atoms in total. The van der Waals surface area contributed by atoms with Crippen LogP contribution in [0.4, 0.5) is 0 Å². The fourth-order valence-corrected chi connectivity index (χ4v) is 1.79. The lowest BCUT2D eigenvalue weighted by atomic mass is 10.0. The second-order valence-corrected chi connectivity index (χ2v) is 5.00. The number of hydrogen-bond acceptors (Lipinski definition) is 5. The lowest BCUT2D eigenvalue weighted by molar-refractivity contribution is -0.0326. The van der Waals surface area contributed by atoms with Crippen LogP contribution in [0, 0.1) is 0 Å². The van der Waals surface area contributed by atoms with Crippen molar-refractivity contribution in [2.75, 3.05) is 40.1 Å². The Morgan fingerprint density at radius 1 is 1.47 bits per heavy atom. The highest BCUT2D eigenvalue weighted by Gasteiger charge is 2.29. The molecule has 1 heterocycles. The predicted molar refractivity (Wildman–Crippen MR) is 65.1 cm³/mol. The van der Waals surface area contributed by atoms with Crippen molar-refractivity contribution in [2.24, 2.45) is 0 Å². The Morgan fingerprint density at radius 2 is 2.24 bits per heavy atom. The molecule has 1 aliphatic heterocycles. The van der Waals surface area contributed by atoms with Crippen molar-refractivity contribution in [1.82, 2.24) is 5.32 Å². The molecular formula is C12H25NO4. The molecule has 1 fully saturated rings. The summed E-state index contributed by atoms with van der Waals surface area (Å²) in [5.74, 6) is 0. The van der Waals surface area contributed by atoms with Gasteiger partial charge in [-0.25, -0.2) is 0 Å². The number of rotatable bonds is 8. The van der Waals surface area contributed by atoms with Crippen molar-refractivity contribution in [3.05, 3.63) is 0 Å². The zero-order chi connectivity index (χ0) is 12.7. The fraction of sp³-hybridized carbons (Fsp3) is 1.00. The minimum absolute atomic E-state index is 0.000867. The summed E-state index contributed by atoms with van der Waals surface area (Å²) in [6.45, 7) is 6.94. The van der Waals surface area contributed by atoms with Gasteiger partial charge in [0, 0.05) is 25.8 Å². The van der Waals surface area contributed by atoms with Gasteiger partial charge in [0.2, 0.25) is 0 Å². The molecular weight excluding hydrogens is 222 g/mol. The van der Waals surface area contributed by atoms with Crippen LogP contribution in [-0.2, 0) is 14.2 Å². The average molecular weight is 247 g/mol. The van der Waals surface area contributed by atoms with Gasteiger partial charge >= 0.3 is 0 Å². The van der Waals surface area contributed by atoms with Crippen LogP contribution in [0.2, 0.25) is 0 Å². The normalized spacial score (nSPS) is 28.2. The summed E-state index contributed by atoms with van der Waals surface area (Å²) in [4.78, 5) is 0. The zero-order valence-corrected chi connectivity index (χ0v) is 11.1. The first kappa shape index (κ1) is 14.9. The van der Waals surface area contributed by atoms with E-state index in [1.165, 1.54) is 0 Å². The maximum atomic E-state index is 9.77. The van der Waals surface area contributed by atoms with Crippen molar-refractivity contribution in [2.45, 2.75) is 38.0 Å². The lowest BCUT2D eigenvalue weighted by Crippen LogP contribution is -2.47. The smallest absolute Gasteiger partial charge is 0.0898 e. The van der Waals surface area contributed by atoms with E-state index in [4.69, 9.17) is 14.2 Å². The average Bonchev–Trinajstić information content (AvgIpc) is 2.72. The summed E-state index contributed by atoms with van der Waals surface area (Å²) >= 11 is 0. The van der Waals surface area contributed by atoms with Gasteiger partial charge in [-0.2, -0.15) is 0 Å². The van der Waals surface area contributed by atoms with E-state index in [9.17, 15) is 5.11 Å². The van der Waals surface area contributed by atoms with Gasteiger partial charge in [0.1, 0.15) is 0 Å². The highest BCUT2D eigenvalue weighted by atomic mass is 16.5. The Balaban J connectivity index is 2.10. The van der Waals surface area contributed by atoms with Crippen molar-refractivity contribution in [1.29, 1.82) is 0 Å². The maximum Gasteiger partial charge on any atom is 0.0898 e. The van der Waals surface area contributed by atoms with Crippen LogP contribution in [0.5, 0.6) is 0 Å². The highest BCUT2D eigenvalue weighted by molar-refractivity contribution is 4.87. The molecule has 0 saturated carbocycles.